The van der Waals surface area contributed by atoms with E-state index in [-0.39, 0.29) is 12.4 Å². The monoisotopic (exact) mass is 339 g/mol. The van der Waals surface area contributed by atoms with Gasteiger partial charge in [-0.2, -0.15) is 0 Å². The number of rotatable bonds is 5. The minimum Gasteiger partial charge on any atom is -0.496 e. The molecule has 0 aliphatic heterocycles. The van der Waals surface area contributed by atoms with Crippen LogP contribution in [0.5, 0.6) is 5.75 Å². The average molecular weight is 340 g/mol. The maximum atomic E-state index is 13.7. The van der Waals surface area contributed by atoms with Gasteiger partial charge in [0, 0.05) is 27.8 Å². The minimum atomic E-state index is -0.261. The number of hydrogen-bond donors (Lipinski definition) is 2. The Kier molecular flexibility index (Phi) is 4.98. The molecule has 2 rings (SSSR count). The number of hydrogen-bond acceptors (Lipinski definition) is 3. The van der Waals surface area contributed by atoms with Crippen LogP contribution in [-0.4, -0.2) is 12.2 Å². The van der Waals surface area contributed by atoms with E-state index in [9.17, 15) is 9.50 Å². The molecule has 2 aromatic carbocycles. The molecule has 106 valence electrons. The van der Waals surface area contributed by atoms with E-state index in [4.69, 9.17) is 4.74 Å². The molecule has 5 heteroatoms. The Morgan fingerprint density at radius 1 is 1.20 bits per heavy atom. The number of nitrogens with one attached hydrogen (secondary N) is 1. The molecule has 0 saturated heterocycles. The van der Waals surface area contributed by atoms with Crippen molar-refractivity contribution in [2.75, 3.05) is 12.4 Å². The number of aliphatic hydroxyl groups excluding tert-OH is 1. The maximum Gasteiger partial charge on any atom is 0.129 e. The van der Waals surface area contributed by atoms with Gasteiger partial charge in [-0.25, -0.2) is 4.39 Å². The zero-order valence-corrected chi connectivity index (χ0v) is 12.6. The number of anilines is 1. The van der Waals surface area contributed by atoms with Crippen molar-refractivity contribution in [2.45, 2.75) is 13.2 Å². The molecule has 0 radical (unpaired) electrons. The Bertz CT molecular complexity index is 604. The number of halogens is 2. The van der Waals surface area contributed by atoms with E-state index in [0.29, 0.717) is 27.9 Å². The van der Waals surface area contributed by atoms with Gasteiger partial charge in [-0.1, -0.05) is 22.0 Å². The molecule has 3 nitrogen and oxygen atoms in total. The number of benzene rings is 2. The van der Waals surface area contributed by atoms with Gasteiger partial charge in [-0.15, -0.1) is 0 Å². The Labute approximate surface area is 125 Å². The molecule has 0 aliphatic rings. The number of methoxy groups -OCH3 is 1. The first-order valence-corrected chi connectivity index (χ1v) is 6.89. The van der Waals surface area contributed by atoms with Crippen LogP contribution in [0.25, 0.3) is 0 Å². The highest BCUT2D eigenvalue weighted by Crippen LogP contribution is 2.23. The number of ether oxygens (including phenoxy) is 1. The SMILES string of the molecule is COc1ccc(NCc2ccc(Br)cc2F)cc1CO. The summed E-state index contributed by atoms with van der Waals surface area (Å²) >= 11 is 3.22. The third kappa shape index (κ3) is 3.49. The summed E-state index contributed by atoms with van der Waals surface area (Å²) in [5.74, 6) is 0.371. The average Bonchev–Trinajstić information content (AvgIpc) is 2.46. The van der Waals surface area contributed by atoms with Gasteiger partial charge in [0.25, 0.3) is 0 Å². The topological polar surface area (TPSA) is 41.5 Å². The van der Waals surface area contributed by atoms with E-state index >= 15 is 0 Å². The second-order valence-corrected chi connectivity index (χ2v) is 5.19. The van der Waals surface area contributed by atoms with Crippen molar-refractivity contribution in [1.82, 2.24) is 0 Å². The lowest BCUT2D eigenvalue weighted by molar-refractivity contribution is 0.274. The molecule has 0 aliphatic carbocycles. The molecule has 0 amide bonds. The molecule has 0 bridgehead atoms. The maximum absolute atomic E-state index is 13.7. The van der Waals surface area contributed by atoms with Crippen molar-refractivity contribution < 1.29 is 14.2 Å². The van der Waals surface area contributed by atoms with Gasteiger partial charge in [0.1, 0.15) is 11.6 Å². The molecule has 0 aromatic heterocycles. The van der Waals surface area contributed by atoms with Crippen molar-refractivity contribution in [2.24, 2.45) is 0 Å². The van der Waals surface area contributed by atoms with Crippen molar-refractivity contribution >= 4 is 21.6 Å². The zero-order chi connectivity index (χ0) is 14.5. The van der Waals surface area contributed by atoms with Crippen LogP contribution in [-0.2, 0) is 13.2 Å². The highest BCUT2D eigenvalue weighted by molar-refractivity contribution is 9.10. The summed E-state index contributed by atoms with van der Waals surface area (Å²) in [4.78, 5) is 0. The van der Waals surface area contributed by atoms with Gasteiger partial charge in [0.05, 0.1) is 13.7 Å². The fourth-order valence-electron chi connectivity index (χ4n) is 1.87. The fourth-order valence-corrected chi connectivity index (χ4v) is 2.21. The fraction of sp³-hybridized carbons (Fsp3) is 0.200. The van der Waals surface area contributed by atoms with Crippen LogP contribution in [0.1, 0.15) is 11.1 Å². The van der Waals surface area contributed by atoms with E-state index in [1.165, 1.54) is 6.07 Å². The largest absolute Gasteiger partial charge is 0.496 e. The molecule has 0 atom stereocenters. The lowest BCUT2D eigenvalue weighted by Gasteiger charge is -2.11. The quantitative estimate of drug-likeness (QED) is 0.872. The standard InChI is InChI=1S/C15H15BrFNO2/c1-20-15-5-4-13(6-11(15)9-19)18-8-10-2-3-12(16)7-14(10)17/h2-7,18-19H,8-9H2,1H3. The van der Waals surface area contributed by atoms with E-state index in [1.54, 1.807) is 31.4 Å². The van der Waals surface area contributed by atoms with Gasteiger partial charge >= 0.3 is 0 Å². The lowest BCUT2D eigenvalue weighted by atomic mass is 10.1. The Morgan fingerprint density at radius 3 is 2.65 bits per heavy atom. The van der Waals surface area contributed by atoms with Crippen molar-refractivity contribution in [3.63, 3.8) is 0 Å². The van der Waals surface area contributed by atoms with E-state index in [1.807, 2.05) is 6.07 Å². The summed E-state index contributed by atoms with van der Waals surface area (Å²) in [6, 6.07) is 10.3. The lowest BCUT2D eigenvalue weighted by Crippen LogP contribution is -2.03. The second-order valence-electron chi connectivity index (χ2n) is 4.27. The van der Waals surface area contributed by atoms with Gasteiger partial charge in [-0.05, 0) is 30.3 Å². The van der Waals surface area contributed by atoms with Crippen LogP contribution >= 0.6 is 15.9 Å². The first-order chi connectivity index (χ1) is 9.63. The van der Waals surface area contributed by atoms with Crippen LogP contribution in [0, 0.1) is 5.82 Å². The van der Waals surface area contributed by atoms with Crippen LogP contribution in [0.3, 0.4) is 0 Å². The van der Waals surface area contributed by atoms with Gasteiger partial charge in [0.2, 0.25) is 0 Å². The summed E-state index contributed by atoms with van der Waals surface area (Å²) in [7, 11) is 1.55. The normalized spacial score (nSPS) is 10.4. The minimum absolute atomic E-state index is 0.106. The molecule has 0 saturated carbocycles. The second kappa shape index (κ2) is 6.72. The molecule has 0 fully saturated rings. The van der Waals surface area contributed by atoms with Crippen molar-refractivity contribution in [1.29, 1.82) is 0 Å². The smallest absolute Gasteiger partial charge is 0.129 e. The van der Waals surface area contributed by atoms with Gasteiger partial charge < -0.3 is 15.2 Å². The summed E-state index contributed by atoms with van der Waals surface area (Å²) in [5, 5.41) is 12.4. The van der Waals surface area contributed by atoms with Crippen molar-refractivity contribution in [3.8, 4) is 5.75 Å². The van der Waals surface area contributed by atoms with Crippen LogP contribution in [0.2, 0.25) is 0 Å². The molecule has 0 heterocycles. The predicted octanol–water partition coefficient (Wildman–Crippen LogP) is 3.70. The summed E-state index contributed by atoms with van der Waals surface area (Å²) in [5.41, 5.74) is 2.07. The highest BCUT2D eigenvalue weighted by Gasteiger charge is 2.05. The van der Waals surface area contributed by atoms with Crippen LogP contribution < -0.4 is 10.1 Å². The van der Waals surface area contributed by atoms with Gasteiger partial charge in [0.15, 0.2) is 0 Å². The van der Waals surface area contributed by atoms with Gasteiger partial charge in [-0.3, -0.25) is 0 Å². The molecular formula is C15H15BrFNO2. The third-order valence-electron chi connectivity index (χ3n) is 2.95. The van der Waals surface area contributed by atoms with E-state index < -0.39 is 0 Å². The van der Waals surface area contributed by atoms with Crippen LogP contribution in [0.4, 0.5) is 10.1 Å². The molecule has 2 N–H and O–H groups in total. The Morgan fingerprint density at radius 2 is 2.00 bits per heavy atom. The summed E-state index contributed by atoms with van der Waals surface area (Å²) in [6.07, 6.45) is 0. The highest BCUT2D eigenvalue weighted by atomic mass is 79.9. The van der Waals surface area contributed by atoms with Crippen LogP contribution in [0.15, 0.2) is 40.9 Å². The number of aliphatic hydroxyl groups is 1. The molecule has 0 spiro atoms. The first kappa shape index (κ1) is 14.8. The Balaban J connectivity index is 2.10. The summed E-state index contributed by atoms with van der Waals surface area (Å²) in [6.45, 7) is 0.266. The molecule has 20 heavy (non-hydrogen) atoms. The molecular weight excluding hydrogens is 325 g/mol. The zero-order valence-electron chi connectivity index (χ0n) is 11.0. The third-order valence-corrected chi connectivity index (χ3v) is 3.44. The van der Waals surface area contributed by atoms with Crippen molar-refractivity contribution in [3.05, 3.63) is 57.8 Å². The first-order valence-electron chi connectivity index (χ1n) is 6.09. The Hall–Kier alpha value is -1.59. The predicted molar refractivity (Wildman–Crippen MR) is 80.3 cm³/mol. The molecule has 0 unspecified atom stereocenters. The molecule has 2 aromatic rings. The summed E-state index contributed by atoms with van der Waals surface area (Å²) < 4.78 is 19.5. The van der Waals surface area contributed by atoms with E-state index in [0.717, 1.165) is 5.69 Å². The van der Waals surface area contributed by atoms with E-state index in [2.05, 4.69) is 21.2 Å².